The van der Waals surface area contributed by atoms with Gasteiger partial charge in [-0.05, 0) is 13.8 Å². The van der Waals surface area contributed by atoms with Crippen LogP contribution < -0.4 is 0 Å². The van der Waals surface area contributed by atoms with Gasteiger partial charge in [0.1, 0.15) is 0 Å². The van der Waals surface area contributed by atoms with Crippen molar-refractivity contribution in [2.24, 2.45) is 0 Å². The Kier molecular flexibility index (Phi) is 3.69. The Hall–Kier alpha value is -0.610. The molecule has 0 aromatic rings. The minimum atomic E-state index is -0.402. The first kappa shape index (κ1) is 10.5. The zero-order chi connectivity index (χ0) is 9.84. The maximum atomic E-state index is 11.2. The highest BCUT2D eigenvalue weighted by molar-refractivity contribution is 5.74. The molecule has 1 saturated heterocycles. The maximum Gasteiger partial charge on any atom is 0.336 e. The van der Waals surface area contributed by atoms with E-state index >= 15 is 0 Å². The van der Waals surface area contributed by atoms with Gasteiger partial charge in [0.05, 0.1) is 13.7 Å². The molecule has 0 radical (unpaired) electrons. The van der Waals surface area contributed by atoms with Gasteiger partial charge < -0.3 is 9.47 Å². The summed E-state index contributed by atoms with van der Waals surface area (Å²) >= 11 is 0. The number of methoxy groups -OCH3 is 1. The molecule has 0 aromatic heterocycles. The number of morpholine rings is 1. The van der Waals surface area contributed by atoms with Crippen LogP contribution >= 0.6 is 0 Å². The van der Waals surface area contributed by atoms with E-state index in [4.69, 9.17) is 4.74 Å². The van der Waals surface area contributed by atoms with E-state index in [0.717, 1.165) is 6.54 Å². The highest BCUT2D eigenvalue weighted by atomic mass is 16.6. The van der Waals surface area contributed by atoms with E-state index in [9.17, 15) is 4.79 Å². The molecule has 0 bridgehead atoms. The number of nitrogens with zero attached hydrogens (tertiary/aromatic N) is 1. The number of carbonyl (C=O) groups excluding carboxylic acids is 1. The van der Waals surface area contributed by atoms with Crippen molar-refractivity contribution in [3.8, 4) is 0 Å². The minimum absolute atomic E-state index is 0.273. The van der Waals surface area contributed by atoms with Crippen molar-refractivity contribution in [3.63, 3.8) is 0 Å². The molecule has 0 spiro atoms. The minimum Gasteiger partial charge on any atom is -0.467 e. The molecule has 4 nitrogen and oxygen atoms in total. The van der Waals surface area contributed by atoms with Crippen LogP contribution in [0.25, 0.3) is 0 Å². The van der Waals surface area contributed by atoms with Crippen LogP contribution in [-0.2, 0) is 14.3 Å². The summed E-state index contributed by atoms with van der Waals surface area (Å²) in [6, 6.07) is 0.455. The van der Waals surface area contributed by atoms with Gasteiger partial charge in [-0.25, -0.2) is 4.79 Å². The van der Waals surface area contributed by atoms with Crippen LogP contribution in [-0.4, -0.2) is 49.8 Å². The number of esters is 1. The van der Waals surface area contributed by atoms with Crippen LogP contribution in [0.3, 0.4) is 0 Å². The predicted octanol–water partition coefficient (Wildman–Crippen LogP) is 0.269. The van der Waals surface area contributed by atoms with Crippen LogP contribution in [0.15, 0.2) is 0 Å². The molecule has 1 aliphatic heterocycles. The summed E-state index contributed by atoms with van der Waals surface area (Å²) in [7, 11) is 1.39. The van der Waals surface area contributed by atoms with Crippen molar-refractivity contribution in [1.82, 2.24) is 4.90 Å². The van der Waals surface area contributed by atoms with Crippen molar-refractivity contribution in [1.29, 1.82) is 0 Å². The lowest BCUT2D eigenvalue weighted by Gasteiger charge is -2.34. The van der Waals surface area contributed by atoms with Crippen molar-refractivity contribution in [2.75, 3.05) is 26.8 Å². The van der Waals surface area contributed by atoms with Gasteiger partial charge in [-0.1, -0.05) is 0 Å². The van der Waals surface area contributed by atoms with Gasteiger partial charge in [0, 0.05) is 19.1 Å². The molecule has 4 heteroatoms. The molecule has 1 rings (SSSR count). The molecule has 0 saturated carbocycles. The van der Waals surface area contributed by atoms with E-state index in [1.165, 1.54) is 7.11 Å². The van der Waals surface area contributed by atoms with Crippen LogP contribution in [0.1, 0.15) is 13.8 Å². The Bertz CT molecular complexity index is 182. The molecule has 0 unspecified atom stereocenters. The fraction of sp³-hybridized carbons (Fsp3) is 0.889. The number of hydrogen-bond acceptors (Lipinski definition) is 4. The summed E-state index contributed by atoms with van der Waals surface area (Å²) in [6.45, 7) is 6.37. The SMILES string of the molecule is COC(=O)[C@@H]1CN(C(C)C)CCO1. The average Bonchev–Trinajstić information content (AvgIpc) is 2.17. The highest BCUT2D eigenvalue weighted by Crippen LogP contribution is 2.09. The summed E-state index contributed by atoms with van der Waals surface area (Å²) in [5.74, 6) is -0.273. The first-order chi connectivity index (χ1) is 6.15. The van der Waals surface area contributed by atoms with Crippen LogP contribution in [0.5, 0.6) is 0 Å². The van der Waals surface area contributed by atoms with Crippen LogP contribution in [0, 0.1) is 0 Å². The molecule has 1 aliphatic rings. The van der Waals surface area contributed by atoms with Gasteiger partial charge in [-0.3, -0.25) is 4.90 Å². The van der Waals surface area contributed by atoms with E-state index in [1.807, 2.05) is 0 Å². The normalized spacial score (nSPS) is 24.8. The summed E-state index contributed by atoms with van der Waals surface area (Å²) in [4.78, 5) is 13.4. The van der Waals surface area contributed by atoms with E-state index in [1.54, 1.807) is 0 Å². The topological polar surface area (TPSA) is 38.8 Å². The van der Waals surface area contributed by atoms with Crippen molar-refractivity contribution in [3.05, 3.63) is 0 Å². The third-order valence-corrected chi connectivity index (χ3v) is 2.29. The van der Waals surface area contributed by atoms with Gasteiger partial charge in [0.15, 0.2) is 6.10 Å². The van der Waals surface area contributed by atoms with E-state index < -0.39 is 6.10 Å². The molecule has 0 aromatic carbocycles. The molecule has 76 valence electrons. The third kappa shape index (κ3) is 2.67. The quantitative estimate of drug-likeness (QED) is 0.582. The van der Waals surface area contributed by atoms with E-state index in [2.05, 4.69) is 23.5 Å². The zero-order valence-corrected chi connectivity index (χ0v) is 8.45. The van der Waals surface area contributed by atoms with E-state index in [0.29, 0.717) is 19.2 Å². The van der Waals surface area contributed by atoms with Crippen molar-refractivity contribution < 1.29 is 14.3 Å². The van der Waals surface area contributed by atoms with Crippen molar-refractivity contribution >= 4 is 5.97 Å². The molecule has 0 N–H and O–H groups in total. The smallest absolute Gasteiger partial charge is 0.336 e. The molecule has 1 heterocycles. The van der Waals surface area contributed by atoms with Gasteiger partial charge in [-0.2, -0.15) is 0 Å². The number of rotatable bonds is 2. The Morgan fingerprint density at radius 3 is 2.85 bits per heavy atom. The lowest BCUT2D eigenvalue weighted by molar-refractivity contribution is -0.160. The standard InChI is InChI=1S/C9H17NO3/c1-7(2)10-4-5-13-8(6-10)9(11)12-3/h7-8H,4-6H2,1-3H3/t8-/m0/s1. The Labute approximate surface area is 78.8 Å². The second-order valence-electron chi connectivity index (χ2n) is 3.47. The maximum absolute atomic E-state index is 11.2. The summed E-state index contributed by atoms with van der Waals surface area (Å²) < 4.78 is 9.92. The van der Waals surface area contributed by atoms with Gasteiger partial charge >= 0.3 is 5.97 Å². The summed E-state index contributed by atoms with van der Waals surface area (Å²) in [6.07, 6.45) is -0.402. The average molecular weight is 187 g/mol. The third-order valence-electron chi connectivity index (χ3n) is 2.29. The first-order valence-electron chi connectivity index (χ1n) is 4.58. The van der Waals surface area contributed by atoms with Gasteiger partial charge in [0.25, 0.3) is 0 Å². The van der Waals surface area contributed by atoms with Gasteiger partial charge in [0.2, 0.25) is 0 Å². The number of carbonyl (C=O) groups is 1. The Balaban J connectivity index is 2.46. The number of hydrogen-bond donors (Lipinski definition) is 0. The molecule has 1 fully saturated rings. The molecular formula is C9H17NO3. The molecule has 0 aliphatic carbocycles. The molecular weight excluding hydrogens is 170 g/mol. The fourth-order valence-corrected chi connectivity index (χ4v) is 1.41. The second-order valence-corrected chi connectivity index (χ2v) is 3.47. The second kappa shape index (κ2) is 4.58. The summed E-state index contributed by atoms with van der Waals surface area (Å²) in [5, 5.41) is 0. The monoisotopic (exact) mass is 187 g/mol. The molecule has 13 heavy (non-hydrogen) atoms. The van der Waals surface area contributed by atoms with Crippen LogP contribution in [0.2, 0.25) is 0 Å². The van der Waals surface area contributed by atoms with Gasteiger partial charge in [-0.15, -0.1) is 0 Å². The largest absolute Gasteiger partial charge is 0.467 e. The predicted molar refractivity (Wildman–Crippen MR) is 48.5 cm³/mol. The summed E-state index contributed by atoms with van der Waals surface area (Å²) in [5.41, 5.74) is 0. The lowest BCUT2D eigenvalue weighted by atomic mass is 10.2. The highest BCUT2D eigenvalue weighted by Gasteiger charge is 2.28. The first-order valence-corrected chi connectivity index (χ1v) is 4.58. The lowest BCUT2D eigenvalue weighted by Crippen LogP contribution is -2.48. The Morgan fingerprint density at radius 2 is 2.31 bits per heavy atom. The number of ether oxygens (including phenoxy) is 2. The molecule has 0 amide bonds. The fourth-order valence-electron chi connectivity index (χ4n) is 1.41. The van der Waals surface area contributed by atoms with E-state index in [-0.39, 0.29) is 5.97 Å². The van der Waals surface area contributed by atoms with Crippen LogP contribution in [0.4, 0.5) is 0 Å². The van der Waals surface area contributed by atoms with Crippen molar-refractivity contribution in [2.45, 2.75) is 26.0 Å². The molecule has 1 atom stereocenters. The zero-order valence-electron chi connectivity index (χ0n) is 8.45. The Morgan fingerprint density at radius 1 is 1.62 bits per heavy atom.